The Bertz CT molecular complexity index is 394. The van der Waals surface area contributed by atoms with E-state index in [4.69, 9.17) is 0 Å². The Morgan fingerprint density at radius 1 is 1.30 bits per heavy atom. The van der Waals surface area contributed by atoms with Gasteiger partial charge in [-0.2, -0.15) is 23.5 Å². The summed E-state index contributed by atoms with van der Waals surface area (Å²) in [6.45, 7) is 2.46. The molecule has 0 aromatic carbocycles. The summed E-state index contributed by atoms with van der Waals surface area (Å²) < 4.78 is 25.9. The van der Waals surface area contributed by atoms with E-state index < -0.39 is 10.0 Å². The maximum atomic E-state index is 12.1. The first-order valence-corrected chi connectivity index (χ1v) is 10.7. The van der Waals surface area contributed by atoms with Crippen LogP contribution in [0.15, 0.2) is 4.99 Å². The topological polar surface area (TPSA) is 73.8 Å². The zero-order valence-corrected chi connectivity index (χ0v) is 14.5. The van der Waals surface area contributed by atoms with E-state index in [1.54, 1.807) is 34.9 Å². The van der Waals surface area contributed by atoms with Crippen molar-refractivity contribution >= 4 is 39.5 Å². The lowest BCUT2D eigenvalue weighted by Gasteiger charge is -2.25. The van der Waals surface area contributed by atoms with Gasteiger partial charge in [0.1, 0.15) is 0 Å². The summed E-state index contributed by atoms with van der Waals surface area (Å²) in [5.74, 6) is 3.55. The van der Waals surface area contributed by atoms with Gasteiger partial charge in [0.15, 0.2) is 5.96 Å². The maximum absolute atomic E-state index is 12.1. The third-order valence-electron chi connectivity index (χ3n) is 2.84. The molecule has 2 N–H and O–H groups in total. The average Bonchev–Trinajstić information content (AvgIpc) is 2.46. The van der Waals surface area contributed by atoms with Crippen LogP contribution in [0, 0.1) is 0 Å². The van der Waals surface area contributed by atoms with Crippen molar-refractivity contribution in [2.45, 2.75) is 0 Å². The molecule has 1 aliphatic rings. The van der Waals surface area contributed by atoms with Crippen molar-refractivity contribution in [2.75, 3.05) is 62.5 Å². The Kier molecular flexibility index (Phi) is 8.74. The Morgan fingerprint density at radius 2 is 1.95 bits per heavy atom. The number of hydrogen-bond donors (Lipinski definition) is 2. The summed E-state index contributed by atoms with van der Waals surface area (Å²) in [7, 11) is -1.46. The zero-order chi connectivity index (χ0) is 14.8. The van der Waals surface area contributed by atoms with E-state index in [9.17, 15) is 8.42 Å². The van der Waals surface area contributed by atoms with Gasteiger partial charge in [-0.15, -0.1) is 0 Å². The normalized spacial score (nSPS) is 18.0. The molecule has 0 radical (unpaired) electrons. The average molecular weight is 341 g/mol. The summed E-state index contributed by atoms with van der Waals surface area (Å²) in [5.41, 5.74) is 0. The van der Waals surface area contributed by atoms with Crippen LogP contribution in [0.2, 0.25) is 0 Å². The van der Waals surface area contributed by atoms with Crippen LogP contribution < -0.4 is 10.6 Å². The molecule has 0 unspecified atom stereocenters. The largest absolute Gasteiger partial charge is 0.356 e. The molecule has 0 spiro atoms. The van der Waals surface area contributed by atoms with Crippen LogP contribution in [0.25, 0.3) is 0 Å². The molecule has 0 aliphatic carbocycles. The molecule has 1 saturated heterocycles. The van der Waals surface area contributed by atoms with Gasteiger partial charge in [-0.05, 0) is 6.26 Å². The second-order valence-corrected chi connectivity index (χ2v) is 8.54. The lowest BCUT2D eigenvalue weighted by Crippen LogP contribution is -2.44. The Labute approximate surface area is 130 Å². The molecule has 20 heavy (non-hydrogen) atoms. The molecule has 1 fully saturated rings. The Hall–Kier alpha value is -0.120. The van der Waals surface area contributed by atoms with Gasteiger partial charge in [-0.25, -0.2) is 12.7 Å². The highest BCUT2D eigenvalue weighted by Crippen LogP contribution is 2.12. The van der Waals surface area contributed by atoms with Crippen LogP contribution in [0.4, 0.5) is 0 Å². The van der Waals surface area contributed by atoms with Crippen molar-refractivity contribution in [1.29, 1.82) is 0 Å². The summed E-state index contributed by atoms with van der Waals surface area (Å²) in [5, 5.41) is 6.18. The number of nitrogens with one attached hydrogen (secondary N) is 2. The highest BCUT2D eigenvalue weighted by molar-refractivity contribution is 7.99. The van der Waals surface area contributed by atoms with E-state index in [1.165, 1.54) is 0 Å². The van der Waals surface area contributed by atoms with Crippen molar-refractivity contribution in [3.8, 4) is 0 Å². The zero-order valence-electron chi connectivity index (χ0n) is 12.1. The fourth-order valence-corrected chi connectivity index (χ4v) is 4.54. The molecule has 1 heterocycles. The van der Waals surface area contributed by atoms with E-state index in [-0.39, 0.29) is 5.75 Å². The SMILES string of the molecule is CN=C(NCCSC)NCCS(=O)(=O)N1CCSCC1. The van der Waals surface area contributed by atoms with Crippen molar-refractivity contribution in [2.24, 2.45) is 4.99 Å². The van der Waals surface area contributed by atoms with Gasteiger partial charge >= 0.3 is 0 Å². The second-order valence-electron chi connectivity index (χ2n) is 4.25. The predicted molar refractivity (Wildman–Crippen MR) is 90.4 cm³/mol. The lowest BCUT2D eigenvalue weighted by molar-refractivity contribution is 0.443. The second kappa shape index (κ2) is 9.75. The van der Waals surface area contributed by atoms with Crippen LogP contribution in [0.5, 0.6) is 0 Å². The van der Waals surface area contributed by atoms with E-state index in [0.29, 0.717) is 25.6 Å². The van der Waals surface area contributed by atoms with Gasteiger partial charge in [0.2, 0.25) is 10.0 Å². The first-order valence-electron chi connectivity index (χ1n) is 6.59. The van der Waals surface area contributed by atoms with Gasteiger partial charge in [-0.3, -0.25) is 4.99 Å². The van der Waals surface area contributed by atoms with Crippen LogP contribution in [-0.2, 0) is 10.0 Å². The molecule has 9 heteroatoms. The van der Waals surface area contributed by atoms with Gasteiger partial charge in [0.05, 0.1) is 5.75 Å². The first kappa shape index (κ1) is 17.9. The van der Waals surface area contributed by atoms with Gasteiger partial charge < -0.3 is 10.6 Å². The molecule has 1 aliphatic heterocycles. The summed E-state index contributed by atoms with van der Waals surface area (Å²) in [6.07, 6.45) is 2.04. The molecule has 6 nitrogen and oxygen atoms in total. The van der Waals surface area contributed by atoms with Crippen molar-refractivity contribution in [1.82, 2.24) is 14.9 Å². The number of rotatable bonds is 7. The Morgan fingerprint density at radius 3 is 2.55 bits per heavy atom. The Balaban J connectivity index is 2.30. The standard InChI is InChI=1S/C11H24N4O2S3/c1-12-11(13-3-7-18-2)14-4-10-20(16,17)15-5-8-19-9-6-15/h3-10H2,1-2H3,(H2,12,13,14). The van der Waals surface area contributed by atoms with Gasteiger partial charge in [-0.1, -0.05) is 0 Å². The van der Waals surface area contributed by atoms with E-state index in [0.717, 1.165) is 23.8 Å². The lowest BCUT2D eigenvalue weighted by atomic mass is 10.6. The molecular weight excluding hydrogens is 316 g/mol. The number of hydrogen-bond acceptors (Lipinski definition) is 5. The molecule has 0 atom stereocenters. The molecule has 0 saturated carbocycles. The number of sulfonamides is 1. The molecular formula is C11H24N4O2S3. The third-order valence-corrected chi connectivity index (χ3v) is 6.26. The summed E-state index contributed by atoms with van der Waals surface area (Å²) >= 11 is 3.56. The minimum atomic E-state index is -3.14. The third kappa shape index (κ3) is 6.55. The molecule has 0 amide bonds. The fraction of sp³-hybridized carbons (Fsp3) is 0.909. The quantitative estimate of drug-likeness (QED) is 0.383. The molecule has 0 aromatic heterocycles. The smallest absolute Gasteiger partial charge is 0.215 e. The minimum absolute atomic E-state index is 0.112. The van der Waals surface area contributed by atoms with E-state index in [1.807, 2.05) is 6.26 Å². The highest BCUT2D eigenvalue weighted by Gasteiger charge is 2.23. The fourth-order valence-electron chi connectivity index (χ4n) is 1.74. The predicted octanol–water partition coefficient (Wildman–Crippen LogP) is -0.107. The number of nitrogens with zero attached hydrogens (tertiary/aromatic N) is 2. The molecule has 1 rings (SSSR count). The van der Waals surface area contributed by atoms with Crippen LogP contribution in [0.3, 0.4) is 0 Å². The first-order chi connectivity index (χ1) is 9.60. The van der Waals surface area contributed by atoms with E-state index >= 15 is 0 Å². The number of thioether (sulfide) groups is 2. The van der Waals surface area contributed by atoms with E-state index in [2.05, 4.69) is 15.6 Å². The van der Waals surface area contributed by atoms with Crippen LogP contribution in [-0.4, -0.2) is 81.2 Å². The summed E-state index contributed by atoms with van der Waals surface area (Å²) in [6, 6.07) is 0. The van der Waals surface area contributed by atoms with Crippen molar-refractivity contribution in [3.63, 3.8) is 0 Å². The van der Waals surface area contributed by atoms with Crippen molar-refractivity contribution in [3.05, 3.63) is 0 Å². The van der Waals surface area contributed by atoms with Gasteiger partial charge in [0, 0.05) is 50.5 Å². The van der Waals surface area contributed by atoms with Crippen molar-refractivity contribution < 1.29 is 8.42 Å². The van der Waals surface area contributed by atoms with Crippen LogP contribution in [0.1, 0.15) is 0 Å². The highest BCUT2D eigenvalue weighted by atomic mass is 32.2. The molecule has 0 bridgehead atoms. The minimum Gasteiger partial charge on any atom is -0.356 e. The summed E-state index contributed by atoms with van der Waals surface area (Å²) in [4.78, 5) is 4.07. The monoisotopic (exact) mass is 340 g/mol. The maximum Gasteiger partial charge on any atom is 0.215 e. The molecule has 118 valence electrons. The number of guanidine groups is 1. The van der Waals surface area contributed by atoms with Crippen LogP contribution >= 0.6 is 23.5 Å². The number of aliphatic imine (C=N–C) groups is 1. The van der Waals surface area contributed by atoms with Gasteiger partial charge in [0.25, 0.3) is 0 Å². The molecule has 0 aromatic rings.